The molecule has 0 saturated carbocycles. The molecule has 0 atom stereocenters. The van der Waals surface area contributed by atoms with E-state index in [1.807, 2.05) is 12.1 Å². The lowest BCUT2D eigenvalue weighted by Gasteiger charge is -2.10. The van der Waals surface area contributed by atoms with E-state index in [0.717, 1.165) is 44.6 Å². The predicted molar refractivity (Wildman–Crippen MR) is 144 cm³/mol. The monoisotopic (exact) mass is 491 g/mol. The van der Waals surface area contributed by atoms with Gasteiger partial charge in [-0.25, -0.2) is 4.79 Å². The predicted octanol–water partition coefficient (Wildman–Crippen LogP) is 7.30. The summed E-state index contributed by atoms with van der Waals surface area (Å²) in [5.41, 5.74) is 1.82. The lowest BCUT2D eigenvalue weighted by Crippen LogP contribution is -2.14. The lowest BCUT2D eigenvalue weighted by atomic mass is 10.0. The van der Waals surface area contributed by atoms with Gasteiger partial charge in [0.05, 0.1) is 17.7 Å². The fourth-order valence-electron chi connectivity index (χ4n) is 4.09. The Bertz CT molecular complexity index is 1200. The van der Waals surface area contributed by atoms with Crippen molar-refractivity contribution in [3.05, 3.63) is 75.6 Å². The third kappa shape index (κ3) is 7.80. The summed E-state index contributed by atoms with van der Waals surface area (Å²) >= 11 is 0. The summed E-state index contributed by atoms with van der Waals surface area (Å²) in [6, 6.07) is 13.6. The number of anilines is 1. The number of esters is 1. The molecule has 192 valence electrons. The van der Waals surface area contributed by atoms with Crippen molar-refractivity contribution in [2.45, 2.75) is 78.1 Å². The number of unbranched alkanes of at least 4 members (excludes halogenated alkanes) is 7. The Balaban J connectivity index is 1.68. The molecular weight excluding hydrogens is 454 g/mol. The average Bonchev–Trinajstić information content (AvgIpc) is 2.89. The van der Waals surface area contributed by atoms with Crippen LogP contribution in [0.1, 0.15) is 98.1 Å². The molecule has 0 saturated heterocycles. The van der Waals surface area contributed by atoms with E-state index in [1.165, 1.54) is 31.2 Å². The Kier molecular flexibility index (Phi) is 10.7. The summed E-state index contributed by atoms with van der Waals surface area (Å²) in [6.07, 6.45) is 11.0. The number of amides is 1. The number of rotatable bonds is 14. The number of fused-ring (bicyclic) bond motifs is 1. The molecule has 3 rings (SSSR count). The van der Waals surface area contributed by atoms with Crippen molar-refractivity contribution in [2.24, 2.45) is 0 Å². The van der Waals surface area contributed by atoms with Crippen molar-refractivity contribution in [3.63, 3.8) is 0 Å². The van der Waals surface area contributed by atoms with Crippen molar-refractivity contribution in [3.8, 4) is 0 Å². The van der Waals surface area contributed by atoms with Gasteiger partial charge in [-0.3, -0.25) is 9.59 Å². The Morgan fingerprint density at radius 2 is 1.56 bits per heavy atom. The molecule has 1 heterocycles. The summed E-state index contributed by atoms with van der Waals surface area (Å²) in [5, 5.41) is 3.11. The normalized spacial score (nSPS) is 10.9. The van der Waals surface area contributed by atoms with E-state index in [1.54, 1.807) is 30.3 Å². The number of hydrogen-bond donors (Lipinski definition) is 1. The average molecular weight is 492 g/mol. The molecule has 6 nitrogen and oxygen atoms in total. The topological polar surface area (TPSA) is 85.6 Å². The zero-order valence-electron chi connectivity index (χ0n) is 21.4. The third-order valence-corrected chi connectivity index (χ3v) is 6.22. The maximum atomic E-state index is 12.9. The van der Waals surface area contributed by atoms with Crippen molar-refractivity contribution >= 4 is 28.5 Å². The van der Waals surface area contributed by atoms with Crippen molar-refractivity contribution in [1.29, 1.82) is 0 Å². The number of nitrogens with one attached hydrogen (secondary N) is 1. The number of carbonyl (C=O) groups is 2. The zero-order chi connectivity index (χ0) is 25.8. The van der Waals surface area contributed by atoms with Gasteiger partial charge in [-0.1, -0.05) is 77.0 Å². The first kappa shape index (κ1) is 27.2. The van der Waals surface area contributed by atoms with Gasteiger partial charge >= 0.3 is 5.97 Å². The van der Waals surface area contributed by atoms with E-state index in [0.29, 0.717) is 11.3 Å². The van der Waals surface area contributed by atoms with Gasteiger partial charge in [0.2, 0.25) is 5.76 Å². The molecule has 0 spiro atoms. The first-order valence-electron chi connectivity index (χ1n) is 13.2. The van der Waals surface area contributed by atoms with Crippen LogP contribution in [0.15, 0.2) is 57.7 Å². The largest absolute Gasteiger partial charge is 0.460 e. The number of aryl methyl sites for hydroxylation is 1. The molecule has 0 radical (unpaired) electrons. The minimum atomic E-state index is -0.683. The maximum absolute atomic E-state index is 12.9. The molecule has 1 amide bonds. The van der Waals surface area contributed by atoms with E-state index in [9.17, 15) is 14.4 Å². The molecule has 1 aromatic heterocycles. The maximum Gasteiger partial charge on any atom is 0.374 e. The van der Waals surface area contributed by atoms with Crippen molar-refractivity contribution in [1.82, 2.24) is 0 Å². The highest BCUT2D eigenvalue weighted by Crippen LogP contribution is 2.23. The van der Waals surface area contributed by atoms with Crippen molar-refractivity contribution < 1.29 is 18.7 Å². The second-order valence-electron chi connectivity index (χ2n) is 9.17. The Hall–Kier alpha value is -3.41. The molecule has 2 aromatic carbocycles. The standard InChI is InChI=1S/C30H37NO5/c1-3-5-7-9-10-13-22-16-18-23(19-17-22)29(33)31-25-15-12-14-24-26(32)21-27(36-28(24)25)30(34)35-20-11-8-6-4-2/h12,14-19,21H,3-11,13,20H2,1-2H3,(H,31,33). The minimum absolute atomic E-state index is 0.153. The quantitative estimate of drug-likeness (QED) is 0.189. The number of hydrogen-bond acceptors (Lipinski definition) is 5. The lowest BCUT2D eigenvalue weighted by molar-refractivity contribution is 0.0462. The van der Waals surface area contributed by atoms with Crippen LogP contribution < -0.4 is 10.7 Å². The van der Waals surface area contributed by atoms with Gasteiger partial charge in [0.1, 0.15) is 0 Å². The molecule has 0 bridgehead atoms. The van der Waals surface area contributed by atoms with Crippen molar-refractivity contribution in [2.75, 3.05) is 11.9 Å². The van der Waals surface area contributed by atoms with Gasteiger partial charge in [0, 0.05) is 11.6 Å². The summed E-state index contributed by atoms with van der Waals surface area (Å²) in [5.74, 6) is -1.17. The van der Waals surface area contributed by atoms with Gasteiger partial charge in [-0.15, -0.1) is 0 Å². The van der Waals surface area contributed by atoms with Gasteiger partial charge in [0.15, 0.2) is 11.0 Å². The van der Waals surface area contributed by atoms with Crippen LogP contribution in [0.5, 0.6) is 0 Å². The number of carbonyl (C=O) groups excluding carboxylic acids is 2. The van der Waals surface area contributed by atoms with E-state index in [-0.39, 0.29) is 34.7 Å². The first-order chi connectivity index (χ1) is 17.5. The van der Waals surface area contributed by atoms with Gasteiger partial charge in [0.25, 0.3) is 5.91 Å². The van der Waals surface area contributed by atoms with Crippen LogP contribution >= 0.6 is 0 Å². The van der Waals surface area contributed by atoms with Gasteiger partial charge in [-0.05, 0) is 49.1 Å². The summed E-state index contributed by atoms with van der Waals surface area (Å²) in [4.78, 5) is 38.0. The molecular formula is C30H37NO5. The fourth-order valence-corrected chi connectivity index (χ4v) is 4.09. The van der Waals surface area contributed by atoms with Gasteiger partial charge < -0.3 is 14.5 Å². The van der Waals surface area contributed by atoms with E-state index >= 15 is 0 Å². The van der Waals surface area contributed by atoms with Gasteiger partial charge in [-0.2, -0.15) is 0 Å². The summed E-state index contributed by atoms with van der Waals surface area (Å²) < 4.78 is 11.0. The summed E-state index contributed by atoms with van der Waals surface area (Å²) in [6.45, 7) is 4.59. The van der Waals surface area contributed by atoms with E-state index in [2.05, 4.69) is 19.2 Å². The highest BCUT2D eigenvalue weighted by Gasteiger charge is 2.17. The zero-order valence-corrected chi connectivity index (χ0v) is 21.4. The molecule has 0 aliphatic rings. The molecule has 0 aliphatic heterocycles. The second kappa shape index (κ2) is 14.2. The minimum Gasteiger partial charge on any atom is -0.460 e. The Morgan fingerprint density at radius 3 is 2.28 bits per heavy atom. The molecule has 6 heteroatoms. The van der Waals surface area contributed by atoms with Crippen LogP contribution in [-0.2, 0) is 11.2 Å². The summed E-state index contributed by atoms with van der Waals surface area (Å²) in [7, 11) is 0. The molecule has 0 aliphatic carbocycles. The smallest absolute Gasteiger partial charge is 0.374 e. The van der Waals surface area contributed by atoms with E-state index < -0.39 is 5.97 Å². The Labute approximate surface area is 213 Å². The van der Waals surface area contributed by atoms with Crippen LogP contribution in [0.4, 0.5) is 5.69 Å². The Morgan fingerprint density at radius 1 is 0.861 bits per heavy atom. The number of para-hydroxylation sites is 1. The highest BCUT2D eigenvalue weighted by molar-refractivity contribution is 6.08. The third-order valence-electron chi connectivity index (χ3n) is 6.22. The fraction of sp³-hybridized carbons (Fsp3) is 0.433. The van der Waals surface area contributed by atoms with Crippen LogP contribution in [0.3, 0.4) is 0 Å². The number of ether oxygens (including phenoxy) is 1. The highest BCUT2D eigenvalue weighted by atomic mass is 16.5. The molecule has 1 N–H and O–H groups in total. The van der Waals surface area contributed by atoms with E-state index in [4.69, 9.17) is 9.15 Å². The van der Waals surface area contributed by atoms with Crippen LogP contribution in [0, 0.1) is 0 Å². The van der Waals surface area contributed by atoms with Crippen LogP contribution in [-0.4, -0.2) is 18.5 Å². The number of benzene rings is 2. The molecule has 36 heavy (non-hydrogen) atoms. The first-order valence-corrected chi connectivity index (χ1v) is 13.2. The van der Waals surface area contributed by atoms with Crippen LogP contribution in [0.2, 0.25) is 0 Å². The second-order valence-corrected chi connectivity index (χ2v) is 9.17. The molecule has 3 aromatic rings. The molecule has 0 unspecified atom stereocenters. The van der Waals surface area contributed by atoms with Crippen LogP contribution in [0.25, 0.3) is 11.0 Å². The SMILES string of the molecule is CCCCCCCc1ccc(C(=O)Nc2cccc3c(=O)cc(C(=O)OCCCCCC)oc23)cc1. The molecule has 0 fully saturated rings.